The van der Waals surface area contributed by atoms with Crippen LogP contribution in [0.4, 0.5) is 18.9 Å². The average molecular weight is 287 g/mol. The van der Waals surface area contributed by atoms with Gasteiger partial charge in [-0.25, -0.2) is 0 Å². The Morgan fingerprint density at radius 2 is 2.16 bits per heavy atom. The SMILES string of the molecule is CCN=C1CN(c2cccc(C(F)(F)F)c2)C(=N)S1. The van der Waals surface area contributed by atoms with E-state index in [1.165, 1.54) is 22.7 Å². The predicted molar refractivity (Wildman–Crippen MR) is 72.1 cm³/mol. The third kappa shape index (κ3) is 3.09. The maximum absolute atomic E-state index is 12.6. The molecule has 102 valence electrons. The van der Waals surface area contributed by atoms with Crippen molar-refractivity contribution in [1.82, 2.24) is 0 Å². The molecule has 1 N–H and O–H groups in total. The Kier molecular flexibility index (Phi) is 3.84. The smallest absolute Gasteiger partial charge is 0.315 e. The monoisotopic (exact) mass is 287 g/mol. The minimum atomic E-state index is -4.37. The van der Waals surface area contributed by atoms with Crippen molar-refractivity contribution < 1.29 is 13.2 Å². The van der Waals surface area contributed by atoms with Crippen molar-refractivity contribution in [2.24, 2.45) is 4.99 Å². The Bertz CT molecular complexity index is 525. The van der Waals surface area contributed by atoms with Crippen molar-refractivity contribution in [3.8, 4) is 0 Å². The highest BCUT2D eigenvalue weighted by Gasteiger charge is 2.32. The first-order valence-corrected chi connectivity index (χ1v) is 6.48. The minimum absolute atomic E-state index is 0.200. The lowest BCUT2D eigenvalue weighted by molar-refractivity contribution is -0.137. The van der Waals surface area contributed by atoms with Crippen LogP contribution < -0.4 is 4.90 Å². The van der Waals surface area contributed by atoms with Gasteiger partial charge in [-0.3, -0.25) is 10.4 Å². The molecule has 0 radical (unpaired) electrons. The zero-order valence-electron chi connectivity index (χ0n) is 10.2. The van der Waals surface area contributed by atoms with Crippen LogP contribution in [0.5, 0.6) is 0 Å². The molecule has 0 spiro atoms. The van der Waals surface area contributed by atoms with Gasteiger partial charge in [-0.05, 0) is 36.9 Å². The fourth-order valence-electron chi connectivity index (χ4n) is 1.72. The number of rotatable bonds is 2. The van der Waals surface area contributed by atoms with Gasteiger partial charge in [0.1, 0.15) is 0 Å². The molecule has 1 aromatic carbocycles. The molecule has 0 bridgehead atoms. The molecule has 19 heavy (non-hydrogen) atoms. The molecule has 0 aliphatic carbocycles. The van der Waals surface area contributed by atoms with Crippen LogP contribution >= 0.6 is 11.8 Å². The van der Waals surface area contributed by atoms with Crippen LogP contribution in [0.25, 0.3) is 0 Å². The van der Waals surface area contributed by atoms with E-state index in [1.807, 2.05) is 6.92 Å². The maximum Gasteiger partial charge on any atom is 0.416 e. The van der Waals surface area contributed by atoms with E-state index in [0.717, 1.165) is 17.2 Å². The van der Waals surface area contributed by atoms with Crippen molar-refractivity contribution in [1.29, 1.82) is 5.41 Å². The second-order valence-corrected chi connectivity index (χ2v) is 4.97. The van der Waals surface area contributed by atoms with Gasteiger partial charge < -0.3 is 4.90 Å². The molecule has 0 atom stereocenters. The van der Waals surface area contributed by atoms with Gasteiger partial charge in [0.25, 0.3) is 0 Å². The van der Waals surface area contributed by atoms with Crippen molar-refractivity contribution in [2.45, 2.75) is 13.1 Å². The van der Waals surface area contributed by atoms with Gasteiger partial charge in [-0.2, -0.15) is 13.2 Å². The molecule has 0 aromatic heterocycles. The number of halogens is 3. The summed E-state index contributed by atoms with van der Waals surface area (Å²) in [5.74, 6) is 0. The Hall–Kier alpha value is -1.50. The van der Waals surface area contributed by atoms with E-state index in [-0.39, 0.29) is 5.17 Å². The third-order valence-electron chi connectivity index (χ3n) is 2.57. The Balaban J connectivity index is 2.28. The van der Waals surface area contributed by atoms with Crippen LogP contribution in [0.15, 0.2) is 29.3 Å². The molecule has 3 nitrogen and oxygen atoms in total. The van der Waals surface area contributed by atoms with Crippen molar-refractivity contribution in [2.75, 3.05) is 18.0 Å². The molecule has 1 saturated heterocycles. The number of nitrogens with one attached hydrogen (secondary N) is 1. The van der Waals surface area contributed by atoms with Crippen LogP contribution in [0.3, 0.4) is 0 Å². The van der Waals surface area contributed by atoms with Gasteiger partial charge in [-0.1, -0.05) is 6.07 Å². The second kappa shape index (κ2) is 5.24. The molecule has 0 amide bonds. The lowest BCUT2D eigenvalue weighted by Gasteiger charge is -2.17. The van der Waals surface area contributed by atoms with Gasteiger partial charge in [0, 0.05) is 12.2 Å². The standard InChI is InChI=1S/C12H12F3N3S/c1-2-17-10-7-18(11(16)19-10)9-5-3-4-8(6-9)12(13,14)15/h3-6,16H,2,7H2,1H3. The molecule has 1 aliphatic rings. The van der Waals surface area contributed by atoms with Crippen molar-refractivity contribution in [3.05, 3.63) is 29.8 Å². The second-order valence-electron chi connectivity index (χ2n) is 3.91. The lowest BCUT2D eigenvalue weighted by Crippen LogP contribution is -2.24. The number of hydrogen-bond acceptors (Lipinski definition) is 3. The topological polar surface area (TPSA) is 39.5 Å². The molecule has 0 unspecified atom stereocenters. The summed E-state index contributed by atoms with van der Waals surface area (Å²) < 4.78 is 37.9. The molecule has 1 fully saturated rings. The summed E-state index contributed by atoms with van der Waals surface area (Å²) in [6, 6.07) is 5.01. The summed E-state index contributed by atoms with van der Waals surface area (Å²) in [4.78, 5) is 5.72. The number of amidine groups is 1. The summed E-state index contributed by atoms with van der Waals surface area (Å²) in [5.41, 5.74) is -0.336. The fraction of sp³-hybridized carbons (Fsp3) is 0.333. The predicted octanol–water partition coefficient (Wildman–Crippen LogP) is 3.61. The quantitative estimate of drug-likeness (QED) is 0.902. The first-order valence-electron chi connectivity index (χ1n) is 5.66. The number of aliphatic imine (C=N–C) groups is 1. The first kappa shape index (κ1) is 13.9. The molecular formula is C12H12F3N3S. The van der Waals surface area contributed by atoms with Gasteiger partial charge >= 0.3 is 6.18 Å². The van der Waals surface area contributed by atoms with Crippen LogP contribution in [0.2, 0.25) is 0 Å². The Morgan fingerprint density at radius 3 is 2.79 bits per heavy atom. The van der Waals surface area contributed by atoms with Gasteiger partial charge in [0.15, 0.2) is 5.17 Å². The largest absolute Gasteiger partial charge is 0.416 e. The average Bonchev–Trinajstić information content (AvgIpc) is 2.70. The molecule has 7 heteroatoms. The third-order valence-corrected chi connectivity index (χ3v) is 3.48. The number of nitrogens with zero attached hydrogens (tertiary/aromatic N) is 2. The van der Waals surface area contributed by atoms with Crippen LogP contribution in [0, 0.1) is 5.41 Å². The number of anilines is 1. The summed E-state index contributed by atoms with van der Waals surface area (Å²) in [5, 5.41) is 8.76. The minimum Gasteiger partial charge on any atom is -0.315 e. The summed E-state index contributed by atoms with van der Waals surface area (Å²) >= 11 is 1.18. The molecule has 0 saturated carbocycles. The molecule has 1 heterocycles. The highest BCUT2D eigenvalue weighted by atomic mass is 32.2. The van der Waals surface area contributed by atoms with E-state index in [0.29, 0.717) is 18.8 Å². The van der Waals surface area contributed by atoms with E-state index < -0.39 is 11.7 Å². The zero-order chi connectivity index (χ0) is 14.0. The van der Waals surface area contributed by atoms with Crippen molar-refractivity contribution in [3.63, 3.8) is 0 Å². The van der Waals surface area contributed by atoms with Gasteiger partial charge in [0.2, 0.25) is 0 Å². The van der Waals surface area contributed by atoms with E-state index in [2.05, 4.69) is 4.99 Å². The van der Waals surface area contributed by atoms with E-state index >= 15 is 0 Å². The van der Waals surface area contributed by atoms with Crippen LogP contribution in [-0.4, -0.2) is 23.3 Å². The lowest BCUT2D eigenvalue weighted by atomic mass is 10.2. The maximum atomic E-state index is 12.6. The molecule has 2 rings (SSSR count). The van der Waals surface area contributed by atoms with Gasteiger partial charge in [0.05, 0.1) is 17.2 Å². The Morgan fingerprint density at radius 1 is 1.42 bits per heavy atom. The van der Waals surface area contributed by atoms with Gasteiger partial charge in [-0.15, -0.1) is 0 Å². The Labute approximate surface area is 113 Å². The molecule has 1 aliphatic heterocycles. The van der Waals surface area contributed by atoms with Crippen molar-refractivity contribution >= 4 is 27.7 Å². The first-order chi connectivity index (χ1) is 8.91. The highest BCUT2D eigenvalue weighted by molar-refractivity contribution is 8.27. The molecular weight excluding hydrogens is 275 g/mol. The summed E-state index contributed by atoms with van der Waals surface area (Å²) in [7, 11) is 0. The van der Waals surface area contributed by atoms with E-state index in [4.69, 9.17) is 5.41 Å². The highest BCUT2D eigenvalue weighted by Crippen LogP contribution is 2.33. The number of hydrogen-bond donors (Lipinski definition) is 1. The summed E-state index contributed by atoms with van der Waals surface area (Å²) in [6.45, 7) is 2.84. The number of alkyl halides is 3. The molecule has 1 aromatic rings. The van der Waals surface area contributed by atoms with E-state index in [1.54, 1.807) is 6.07 Å². The number of thioether (sulfide) groups is 1. The number of benzene rings is 1. The van der Waals surface area contributed by atoms with Crippen LogP contribution in [-0.2, 0) is 6.18 Å². The van der Waals surface area contributed by atoms with Crippen LogP contribution in [0.1, 0.15) is 12.5 Å². The normalized spacial score (nSPS) is 18.4. The fourth-order valence-corrected chi connectivity index (χ4v) is 2.61. The summed E-state index contributed by atoms with van der Waals surface area (Å²) in [6.07, 6.45) is -4.37. The van der Waals surface area contributed by atoms with E-state index in [9.17, 15) is 13.2 Å². The zero-order valence-corrected chi connectivity index (χ0v) is 11.0.